The molecule has 3 heteroatoms. The van der Waals surface area contributed by atoms with Gasteiger partial charge in [-0.05, 0) is 12.1 Å². The van der Waals surface area contributed by atoms with Crippen molar-refractivity contribution in [3.8, 4) is 0 Å². The number of hydrogen-bond acceptors (Lipinski definition) is 2. The van der Waals surface area contributed by atoms with Gasteiger partial charge in [-0.15, -0.1) is 11.8 Å². The van der Waals surface area contributed by atoms with Crippen LogP contribution >= 0.6 is 11.8 Å². The minimum atomic E-state index is 0.991. The number of hydrogen-bond donors (Lipinski definition) is 1. The van der Waals surface area contributed by atoms with Gasteiger partial charge in [-0.1, -0.05) is 18.2 Å². The van der Waals surface area contributed by atoms with E-state index in [1.165, 1.54) is 10.9 Å². The number of H-pyrrole nitrogens is 1. The molecular weight excluding hydrogens is 192 g/mol. The molecule has 0 fully saturated rings. The molecule has 2 aromatic rings. The smallest absolute Gasteiger partial charge is 0.115 e. The zero-order valence-corrected chi connectivity index (χ0v) is 8.34. The second-order valence-corrected chi connectivity index (χ2v) is 4.21. The van der Waals surface area contributed by atoms with Crippen molar-refractivity contribution in [1.82, 2.24) is 4.98 Å². The summed E-state index contributed by atoms with van der Waals surface area (Å²) in [6, 6.07) is 10.4. The highest BCUT2D eigenvalue weighted by Crippen LogP contribution is 2.23. The number of aromatic nitrogens is 1. The maximum Gasteiger partial charge on any atom is 0.115 e. The highest BCUT2D eigenvalue weighted by atomic mass is 32.2. The first-order valence-electron chi connectivity index (χ1n) is 4.54. The molecule has 0 saturated carbocycles. The number of nitrogens with zero attached hydrogens (tertiary/aromatic N) is 1. The molecule has 0 saturated heterocycles. The van der Waals surface area contributed by atoms with Crippen LogP contribution in [-0.2, 0) is 0 Å². The van der Waals surface area contributed by atoms with E-state index in [1.807, 2.05) is 12.6 Å². The van der Waals surface area contributed by atoms with E-state index in [-0.39, 0.29) is 0 Å². The van der Waals surface area contributed by atoms with Gasteiger partial charge in [0.15, 0.2) is 0 Å². The van der Waals surface area contributed by atoms with Crippen LogP contribution in [0.25, 0.3) is 10.9 Å². The van der Waals surface area contributed by atoms with Crippen LogP contribution in [0.4, 0.5) is 0 Å². The summed E-state index contributed by atoms with van der Waals surface area (Å²) in [7, 11) is 0. The first kappa shape index (κ1) is 8.12. The minimum absolute atomic E-state index is 0.991. The highest BCUT2D eigenvalue weighted by molar-refractivity contribution is 8.14. The summed E-state index contributed by atoms with van der Waals surface area (Å²) in [5, 5.41) is 2.35. The zero-order chi connectivity index (χ0) is 9.38. The van der Waals surface area contributed by atoms with Crippen LogP contribution in [0.2, 0.25) is 0 Å². The lowest BCUT2D eigenvalue weighted by atomic mass is 10.2. The molecule has 14 heavy (non-hydrogen) atoms. The van der Waals surface area contributed by atoms with Gasteiger partial charge in [0.25, 0.3) is 0 Å². The molecule has 2 heterocycles. The Labute approximate surface area is 86.4 Å². The molecule has 1 aliphatic heterocycles. The average Bonchev–Trinajstić information content (AvgIpc) is 2.86. The first-order valence-corrected chi connectivity index (χ1v) is 5.52. The molecule has 0 bridgehead atoms. The Hall–Kier alpha value is -1.22. The Balaban J connectivity index is 2.14. The normalized spacial score (nSPS) is 16.1. The molecule has 1 N–H and O–H groups in total. The van der Waals surface area contributed by atoms with Gasteiger partial charge in [0, 0.05) is 16.7 Å². The van der Waals surface area contributed by atoms with E-state index in [4.69, 9.17) is 0 Å². The monoisotopic (exact) mass is 201 g/mol. The fourth-order valence-corrected chi connectivity index (χ4v) is 2.33. The van der Waals surface area contributed by atoms with Crippen molar-refractivity contribution in [1.29, 1.82) is 0 Å². The highest BCUT2D eigenvalue weighted by Gasteiger charge is 2.11. The molecule has 0 atom stereocenters. The summed E-state index contributed by atoms with van der Waals surface area (Å²) < 4.78 is 0. The number of fused-ring (bicyclic) bond motifs is 1. The van der Waals surface area contributed by atoms with Gasteiger partial charge in [-0.2, -0.15) is 0 Å². The van der Waals surface area contributed by atoms with Crippen LogP contribution in [0.15, 0.2) is 35.3 Å². The summed E-state index contributed by atoms with van der Waals surface area (Å²) >= 11 is 1.77. The number of para-hydroxylation sites is 1. The predicted octanol–water partition coefficient (Wildman–Crippen LogP) is 2.82. The lowest BCUT2D eigenvalue weighted by molar-refractivity contribution is 1.35. The molecule has 1 aromatic carbocycles. The van der Waals surface area contributed by atoms with Crippen molar-refractivity contribution in [2.24, 2.45) is 4.99 Å². The number of benzene rings is 1. The fourth-order valence-electron chi connectivity index (χ4n) is 1.61. The maximum absolute atomic E-state index is 4.32. The minimum Gasteiger partial charge on any atom is -0.353 e. The number of thioether (sulfide) groups is 1. The van der Waals surface area contributed by atoms with E-state index >= 15 is 0 Å². The number of aliphatic imine (C=N–C) groups is 1. The molecule has 0 amide bonds. The second-order valence-electron chi connectivity index (χ2n) is 3.20. The van der Waals surface area contributed by atoms with Gasteiger partial charge in [0.2, 0.25) is 0 Å². The Bertz CT molecular complexity index is 466. The number of aromatic amines is 1. The zero-order valence-electron chi connectivity index (χ0n) is 7.53. The molecular formula is C11H9N2S. The number of rotatable bonds is 1. The van der Waals surface area contributed by atoms with E-state index in [9.17, 15) is 0 Å². The molecule has 1 radical (unpaired) electrons. The van der Waals surface area contributed by atoms with Gasteiger partial charge in [0.05, 0.1) is 12.2 Å². The molecule has 0 unspecified atom stereocenters. The SMILES string of the molecule is [CH]1CSC(c2cc3ccccc3[nH]2)=N1. The molecule has 0 aliphatic carbocycles. The lowest BCUT2D eigenvalue weighted by Crippen LogP contribution is -1.90. The van der Waals surface area contributed by atoms with E-state index in [0.29, 0.717) is 0 Å². The third-order valence-electron chi connectivity index (χ3n) is 2.26. The third-order valence-corrected chi connectivity index (χ3v) is 3.18. The van der Waals surface area contributed by atoms with Gasteiger partial charge in [-0.25, -0.2) is 0 Å². The predicted molar refractivity (Wildman–Crippen MR) is 61.6 cm³/mol. The summed E-state index contributed by atoms with van der Waals surface area (Å²) in [5.74, 6) is 0.991. The molecule has 1 aliphatic rings. The summed E-state index contributed by atoms with van der Waals surface area (Å²) in [4.78, 5) is 7.69. The van der Waals surface area contributed by atoms with E-state index < -0.39 is 0 Å². The average molecular weight is 201 g/mol. The van der Waals surface area contributed by atoms with Crippen molar-refractivity contribution in [2.75, 3.05) is 5.75 Å². The van der Waals surface area contributed by atoms with E-state index in [0.717, 1.165) is 16.5 Å². The van der Waals surface area contributed by atoms with Gasteiger partial charge >= 0.3 is 0 Å². The van der Waals surface area contributed by atoms with Gasteiger partial charge < -0.3 is 4.98 Å². The van der Waals surface area contributed by atoms with Crippen LogP contribution in [0.5, 0.6) is 0 Å². The third kappa shape index (κ3) is 1.24. The van der Waals surface area contributed by atoms with E-state index in [2.05, 4.69) is 34.2 Å². The first-order chi connectivity index (χ1) is 6.93. The summed E-state index contributed by atoms with van der Waals surface area (Å²) in [5.41, 5.74) is 2.31. The topological polar surface area (TPSA) is 28.1 Å². The molecule has 2 nitrogen and oxygen atoms in total. The standard InChI is InChI=1S/C11H9N2S/c1-2-4-9-8(3-1)7-10(13-9)11-12-5-6-14-11/h1-5,7,13H,6H2. The van der Waals surface area contributed by atoms with Crippen molar-refractivity contribution < 1.29 is 0 Å². The Morgan fingerprint density at radius 2 is 2.21 bits per heavy atom. The van der Waals surface area contributed by atoms with Crippen LogP contribution in [0.3, 0.4) is 0 Å². The van der Waals surface area contributed by atoms with Crippen molar-refractivity contribution in [2.45, 2.75) is 0 Å². The molecule has 3 rings (SSSR count). The van der Waals surface area contributed by atoms with Crippen LogP contribution in [0, 0.1) is 6.54 Å². The van der Waals surface area contributed by atoms with Gasteiger partial charge in [0.1, 0.15) is 5.04 Å². The molecule has 69 valence electrons. The largest absolute Gasteiger partial charge is 0.353 e. The maximum atomic E-state index is 4.32. The molecule has 1 aromatic heterocycles. The van der Waals surface area contributed by atoms with Crippen LogP contribution in [-0.4, -0.2) is 15.8 Å². The Kier molecular flexibility index (Phi) is 1.84. The van der Waals surface area contributed by atoms with Gasteiger partial charge in [-0.3, -0.25) is 4.99 Å². The Morgan fingerprint density at radius 3 is 3.00 bits per heavy atom. The van der Waals surface area contributed by atoms with Crippen LogP contribution in [0.1, 0.15) is 5.69 Å². The fraction of sp³-hybridized carbons (Fsp3) is 0.0909. The number of nitrogens with one attached hydrogen (secondary N) is 1. The van der Waals surface area contributed by atoms with Crippen LogP contribution < -0.4 is 0 Å². The van der Waals surface area contributed by atoms with E-state index in [1.54, 1.807) is 11.8 Å². The van der Waals surface area contributed by atoms with Crippen molar-refractivity contribution in [3.05, 3.63) is 42.6 Å². The Morgan fingerprint density at radius 1 is 1.29 bits per heavy atom. The second kappa shape index (κ2) is 3.17. The summed E-state index contributed by atoms with van der Waals surface area (Å²) in [6.07, 6.45) is 0. The summed E-state index contributed by atoms with van der Waals surface area (Å²) in [6.45, 7) is 1.95. The lowest BCUT2D eigenvalue weighted by Gasteiger charge is -1.92. The molecule has 0 spiro atoms. The quantitative estimate of drug-likeness (QED) is 0.755. The van der Waals surface area contributed by atoms with Crippen molar-refractivity contribution in [3.63, 3.8) is 0 Å². The van der Waals surface area contributed by atoms with Crippen molar-refractivity contribution >= 4 is 27.7 Å².